The van der Waals surface area contributed by atoms with Gasteiger partial charge in [-0.15, -0.1) is 11.3 Å². The molecule has 0 radical (unpaired) electrons. The first-order valence-corrected chi connectivity index (χ1v) is 12.5. The summed E-state index contributed by atoms with van der Waals surface area (Å²) in [6, 6.07) is 7.39. The van der Waals surface area contributed by atoms with Crippen LogP contribution in [0.25, 0.3) is 0 Å². The summed E-state index contributed by atoms with van der Waals surface area (Å²) in [5, 5.41) is 1.69. The second kappa shape index (κ2) is 7.27. The minimum atomic E-state index is -3.63. The number of carbonyl (C=O) groups excluding carboxylic acids is 1. The molecular formula is C17H17BrN2O3S3. The van der Waals surface area contributed by atoms with Gasteiger partial charge in [-0.25, -0.2) is 8.42 Å². The molecule has 0 bridgehead atoms. The Labute approximate surface area is 169 Å². The van der Waals surface area contributed by atoms with Crippen molar-refractivity contribution in [3.8, 4) is 0 Å². The smallest absolute Gasteiger partial charge is 0.269 e. The van der Waals surface area contributed by atoms with Crippen molar-refractivity contribution in [1.82, 2.24) is 4.31 Å². The molecule has 1 aromatic heterocycles. The van der Waals surface area contributed by atoms with Crippen LogP contribution < -0.4 is 4.90 Å². The Hall–Kier alpha value is -0.870. The molecule has 0 saturated carbocycles. The van der Waals surface area contributed by atoms with Crippen molar-refractivity contribution in [3.05, 3.63) is 44.6 Å². The molecule has 3 heterocycles. The Bertz CT molecular complexity index is 952. The zero-order valence-electron chi connectivity index (χ0n) is 13.9. The first-order chi connectivity index (χ1) is 12.5. The molecule has 9 heteroatoms. The van der Waals surface area contributed by atoms with Gasteiger partial charge in [0.2, 0.25) is 10.0 Å². The van der Waals surface area contributed by atoms with Crippen molar-refractivity contribution in [2.45, 2.75) is 11.3 Å². The zero-order chi connectivity index (χ0) is 18.3. The van der Waals surface area contributed by atoms with E-state index in [9.17, 15) is 13.2 Å². The van der Waals surface area contributed by atoms with Crippen LogP contribution in [0.5, 0.6) is 0 Å². The maximum atomic E-state index is 13.1. The summed E-state index contributed by atoms with van der Waals surface area (Å²) in [5.74, 6) is 1.35. The van der Waals surface area contributed by atoms with E-state index >= 15 is 0 Å². The van der Waals surface area contributed by atoms with Crippen LogP contribution in [-0.4, -0.2) is 49.8 Å². The van der Waals surface area contributed by atoms with E-state index in [-0.39, 0.29) is 10.8 Å². The zero-order valence-corrected chi connectivity index (χ0v) is 17.9. The second-order valence-electron chi connectivity index (χ2n) is 6.11. The molecule has 26 heavy (non-hydrogen) atoms. The van der Waals surface area contributed by atoms with Crippen LogP contribution in [0.3, 0.4) is 0 Å². The highest BCUT2D eigenvalue weighted by Crippen LogP contribution is 2.34. The van der Waals surface area contributed by atoms with E-state index in [1.807, 2.05) is 18.2 Å². The summed E-state index contributed by atoms with van der Waals surface area (Å²) in [7, 11) is -3.63. The number of thiophene rings is 1. The highest BCUT2D eigenvalue weighted by atomic mass is 79.9. The molecule has 0 N–H and O–H groups in total. The summed E-state index contributed by atoms with van der Waals surface area (Å²) in [6.07, 6.45) is 0.775. The maximum absolute atomic E-state index is 13.1. The van der Waals surface area contributed by atoms with Crippen molar-refractivity contribution in [2.75, 3.05) is 36.0 Å². The summed E-state index contributed by atoms with van der Waals surface area (Å²) in [5.41, 5.74) is 1.96. The number of rotatable bonds is 3. The molecule has 4 rings (SSSR count). The molecule has 5 nitrogen and oxygen atoms in total. The summed E-state index contributed by atoms with van der Waals surface area (Å²) < 4.78 is 28.5. The number of hydrogen-bond acceptors (Lipinski definition) is 5. The molecule has 0 unspecified atom stereocenters. The van der Waals surface area contributed by atoms with E-state index in [4.69, 9.17) is 0 Å². The van der Waals surface area contributed by atoms with Crippen LogP contribution in [-0.2, 0) is 16.4 Å². The molecule has 1 aromatic carbocycles. The molecule has 0 spiro atoms. The number of carbonyl (C=O) groups is 1. The Morgan fingerprint density at radius 2 is 1.88 bits per heavy atom. The van der Waals surface area contributed by atoms with Crippen molar-refractivity contribution < 1.29 is 13.2 Å². The second-order valence-corrected chi connectivity index (χ2v) is 11.1. The van der Waals surface area contributed by atoms with Gasteiger partial charge in [-0.2, -0.15) is 16.1 Å². The molecule has 1 amide bonds. The molecule has 0 atom stereocenters. The van der Waals surface area contributed by atoms with Crippen LogP contribution in [0.15, 0.2) is 39.0 Å². The van der Waals surface area contributed by atoms with Crippen molar-refractivity contribution in [1.29, 1.82) is 0 Å². The number of nitrogens with zero attached hydrogens (tertiary/aromatic N) is 2. The lowest BCUT2D eigenvalue weighted by atomic mass is 10.2. The number of fused-ring (bicyclic) bond motifs is 1. The number of benzene rings is 1. The van der Waals surface area contributed by atoms with Gasteiger partial charge in [0.05, 0.1) is 0 Å². The Morgan fingerprint density at radius 1 is 1.12 bits per heavy atom. The van der Waals surface area contributed by atoms with E-state index in [2.05, 4.69) is 15.9 Å². The molecule has 2 aliphatic heterocycles. The Balaban J connectivity index is 1.67. The van der Waals surface area contributed by atoms with Crippen LogP contribution in [0, 0.1) is 0 Å². The number of thioether (sulfide) groups is 1. The molecule has 1 fully saturated rings. The molecular weight excluding hydrogens is 456 g/mol. The predicted octanol–water partition coefficient (Wildman–Crippen LogP) is 3.45. The first-order valence-electron chi connectivity index (χ1n) is 8.24. The minimum Gasteiger partial charge on any atom is -0.307 e. The van der Waals surface area contributed by atoms with Crippen LogP contribution >= 0.6 is 39.0 Å². The van der Waals surface area contributed by atoms with E-state index < -0.39 is 10.0 Å². The fourth-order valence-corrected chi connectivity index (χ4v) is 7.61. The van der Waals surface area contributed by atoms with Crippen molar-refractivity contribution in [2.24, 2.45) is 0 Å². The van der Waals surface area contributed by atoms with Crippen LogP contribution in [0.1, 0.15) is 15.2 Å². The topological polar surface area (TPSA) is 57.7 Å². The van der Waals surface area contributed by atoms with Gasteiger partial charge in [-0.05, 0) is 41.6 Å². The van der Waals surface area contributed by atoms with E-state index in [1.54, 1.807) is 28.1 Å². The third kappa shape index (κ3) is 3.24. The third-order valence-electron chi connectivity index (χ3n) is 4.59. The standard InChI is InChI=1S/C17H17BrN2O3S3/c18-13-1-2-14-12(11-13)3-5-20(14)17(21)16-15(4-8-25-16)26(22,23)19-6-9-24-10-7-19/h1-2,4,8,11H,3,5-7,9-10H2. The van der Waals surface area contributed by atoms with Gasteiger partial charge < -0.3 is 4.90 Å². The van der Waals surface area contributed by atoms with Crippen LogP contribution in [0.2, 0.25) is 0 Å². The van der Waals surface area contributed by atoms with E-state index in [0.717, 1.165) is 33.7 Å². The number of halogens is 1. The number of amides is 1. The van der Waals surface area contributed by atoms with E-state index in [0.29, 0.717) is 24.5 Å². The fraction of sp³-hybridized carbons (Fsp3) is 0.353. The van der Waals surface area contributed by atoms with Crippen molar-refractivity contribution >= 4 is 60.6 Å². The first kappa shape index (κ1) is 18.5. The average Bonchev–Trinajstić information content (AvgIpc) is 3.29. The predicted molar refractivity (Wildman–Crippen MR) is 110 cm³/mol. The summed E-state index contributed by atoms with van der Waals surface area (Å²) in [4.78, 5) is 15.3. The molecule has 2 aromatic rings. The molecule has 2 aliphatic rings. The number of sulfonamides is 1. The normalized spacial score (nSPS) is 18.1. The van der Waals surface area contributed by atoms with Gasteiger partial charge in [0.1, 0.15) is 9.77 Å². The molecule has 1 saturated heterocycles. The Kier molecular flexibility index (Phi) is 5.17. The third-order valence-corrected chi connectivity index (χ3v) is 9.00. The van der Waals surface area contributed by atoms with Gasteiger partial charge in [0.25, 0.3) is 5.91 Å². The highest BCUT2D eigenvalue weighted by molar-refractivity contribution is 9.10. The lowest BCUT2D eigenvalue weighted by Crippen LogP contribution is -2.38. The average molecular weight is 473 g/mol. The van der Waals surface area contributed by atoms with E-state index in [1.165, 1.54) is 15.6 Å². The summed E-state index contributed by atoms with van der Waals surface area (Å²) in [6.45, 7) is 1.57. The van der Waals surface area contributed by atoms with Crippen LogP contribution in [0.4, 0.5) is 5.69 Å². The number of anilines is 1. The van der Waals surface area contributed by atoms with Crippen molar-refractivity contribution in [3.63, 3.8) is 0 Å². The summed E-state index contributed by atoms with van der Waals surface area (Å²) >= 11 is 6.41. The fourth-order valence-electron chi connectivity index (χ4n) is 3.29. The Morgan fingerprint density at radius 3 is 2.65 bits per heavy atom. The molecule has 138 valence electrons. The monoisotopic (exact) mass is 472 g/mol. The molecule has 0 aliphatic carbocycles. The van der Waals surface area contributed by atoms with Gasteiger partial charge in [-0.1, -0.05) is 15.9 Å². The van der Waals surface area contributed by atoms with Gasteiger partial charge in [0, 0.05) is 41.3 Å². The largest absolute Gasteiger partial charge is 0.307 e. The highest BCUT2D eigenvalue weighted by Gasteiger charge is 2.34. The number of hydrogen-bond donors (Lipinski definition) is 0. The lowest BCUT2D eigenvalue weighted by Gasteiger charge is -2.26. The maximum Gasteiger partial charge on any atom is 0.269 e. The van der Waals surface area contributed by atoms with Gasteiger partial charge in [0.15, 0.2) is 0 Å². The van der Waals surface area contributed by atoms with Gasteiger partial charge >= 0.3 is 0 Å². The quantitative estimate of drug-likeness (QED) is 0.686. The van der Waals surface area contributed by atoms with Gasteiger partial charge in [-0.3, -0.25) is 4.79 Å². The lowest BCUT2D eigenvalue weighted by molar-refractivity contribution is 0.0990. The SMILES string of the molecule is O=C(c1sccc1S(=O)(=O)N1CCSCC1)N1CCc2cc(Br)ccc21. The minimum absolute atomic E-state index is 0.143.